The third-order valence-electron chi connectivity index (χ3n) is 3.43. The molecular weight excluding hydrogens is 286 g/mol. The lowest BCUT2D eigenvalue weighted by atomic mass is 10.1. The molecule has 2 N–H and O–H groups in total. The van der Waals surface area contributed by atoms with Crippen LogP contribution in [0, 0.1) is 5.92 Å². The third-order valence-corrected chi connectivity index (χ3v) is 3.43. The number of carbonyl (C=O) groups is 3. The molecule has 120 valence electrons. The van der Waals surface area contributed by atoms with Gasteiger partial charge in [0.1, 0.15) is 11.8 Å². The molecule has 0 saturated carbocycles. The summed E-state index contributed by atoms with van der Waals surface area (Å²) in [6.45, 7) is 4.78. The zero-order chi connectivity index (χ0) is 16.1. The summed E-state index contributed by atoms with van der Waals surface area (Å²) in [5.41, 5.74) is 0. The molecule has 1 atom stereocenters. The number of hydrogen-bond donors (Lipinski definition) is 2. The van der Waals surface area contributed by atoms with E-state index in [9.17, 15) is 14.4 Å². The lowest BCUT2D eigenvalue weighted by Crippen LogP contribution is -2.37. The normalized spacial score (nSPS) is 18.0. The average Bonchev–Trinajstić information content (AvgIpc) is 3.03. The summed E-state index contributed by atoms with van der Waals surface area (Å²) < 4.78 is 5.13. The van der Waals surface area contributed by atoms with E-state index in [1.165, 1.54) is 6.26 Å². The highest BCUT2D eigenvalue weighted by Crippen LogP contribution is 2.14. The summed E-state index contributed by atoms with van der Waals surface area (Å²) in [4.78, 5) is 36.9. The predicted molar refractivity (Wildman–Crippen MR) is 78.7 cm³/mol. The summed E-state index contributed by atoms with van der Waals surface area (Å²) in [5.74, 6) is 0.377. The molecule has 2 rings (SSSR count). The second kappa shape index (κ2) is 7.11. The van der Waals surface area contributed by atoms with Crippen LogP contribution in [0.2, 0.25) is 0 Å². The lowest BCUT2D eigenvalue weighted by Gasteiger charge is -2.11. The summed E-state index contributed by atoms with van der Waals surface area (Å²) in [6, 6.07) is 2.07. The molecular formula is C15H21N3O4. The van der Waals surface area contributed by atoms with Crippen LogP contribution in [0.1, 0.15) is 32.4 Å². The fourth-order valence-corrected chi connectivity index (χ4v) is 2.18. The Balaban J connectivity index is 1.84. The Morgan fingerprint density at radius 2 is 2.23 bits per heavy atom. The molecule has 1 saturated heterocycles. The molecule has 0 spiro atoms. The summed E-state index contributed by atoms with van der Waals surface area (Å²) in [6.07, 6.45) is 2.31. The highest BCUT2D eigenvalue weighted by atomic mass is 16.3. The summed E-state index contributed by atoms with van der Waals surface area (Å²) in [7, 11) is 0. The fourth-order valence-electron chi connectivity index (χ4n) is 2.18. The maximum Gasteiger partial charge on any atom is 0.325 e. The lowest BCUT2D eigenvalue weighted by molar-refractivity contribution is -0.131. The number of urea groups is 1. The van der Waals surface area contributed by atoms with Crippen molar-refractivity contribution in [1.82, 2.24) is 15.5 Å². The predicted octanol–water partition coefficient (Wildman–Crippen LogP) is 1.25. The summed E-state index contributed by atoms with van der Waals surface area (Å²) in [5, 5.41) is 5.29. The smallest absolute Gasteiger partial charge is 0.325 e. The number of nitrogens with one attached hydrogen (secondary N) is 2. The monoisotopic (exact) mass is 307 g/mol. The van der Waals surface area contributed by atoms with Gasteiger partial charge in [-0.2, -0.15) is 0 Å². The largest absolute Gasteiger partial charge is 0.467 e. The first-order valence-electron chi connectivity index (χ1n) is 7.38. The van der Waals surface area contributed by atoms with Gasteiger partial charge < -0.3 is 15.1 Å². The van der Waals surface area contributed by atoms with Gasteiger partial charge in [0.05, 0.1) is 19.2 Å². The Morgan fingerprint density at radius 3 is 2.86 bits per heavy atom. The molecule has 7 heteroatoms. The van der Waals surface area contributed by atoms with E-state index in [1.54, 1.807) is 12.1 Å². The molecule has 0 bridgehead atoms. The van der Waals surface area contributed by atoms with Gasteiger partial charge in [-0.3, -0.25) is 14.5 Å². The maximum absolute atomic E-state index is 12.2. The van der Waals surface area contributed by atoms with Crippen LogP contribution in [0.4, 0.5) is 4.79 Å². The zero-order valence-corrected chi connectivity index (χ0v) is 12.8. The van der Waals surface area contributed by atoms with Crippen molar-refractivity contribution in [2.24, 2.45) is 5.92 Å². The standard InChI is InChI=1S/C15H21N3O4/c1-10(2)5-6-16-13(19)8-12-14(20)18(15(21)17-12)9-11-4-3-7-22-11/h3-4,7,10,12H,5-6,8-9H2,1-2H3,(H,16,19)(H,17,21)/t12-/m0/s1. The van der Waals surface area contributed by atoms with Crippen LogP contribution in [-0.2, 0) is 16.1 Å². The van der Waals surface area contributed by atoms with Crippen molar-refractivity contribution in [2.45, 2.75) is 39.3 Å². The van der Waals surface area contributed by atoms with Gasteiger partial charge in [-0.25, -0.2) is 4.79 Å². The minimum absolute atomic E-state index is 0.0443. The van der Waals surface area contributed by atoms with Crippen LogP contribution in [0.25, 0.3) is 0 Å². The van der Waals surface area contributed by atoms with Crippen molar-refractivity contribution in [3.05, 3.63) is 24.2 Å². The number of nitrogens with zero attached hydrogens (tertiary/aromatic N) is 1. The number of furan rings is 1. The van der Waals surface area contributed by atoms with Gasteiger partial charge in [0.15, 0.2) is 0 Å². The molecule has 1 aliphatic heterocycles. The van der Waals surface area contributed by atoms with E-state index in [0.29, 0.717) is 18.2 Å². The molecule has 2 heterocycles. The minimum atomic E-state index is -0.804. The maximum atomic E-state index is 12.2. The fraction of sp³-hybridized carbons (Fsp3) is 0.533. The van der Waals surface area contributed by atoms with Gasteiger partial charge in [0.25, 0.3) is 5.91 Å². The van der Waals surface area contributed by atoms with Gasteiger partial charge in [0, 0.05) is 6.54 Å². The van der Waals surface area contributed by atoms with Crippen molar-refractivity contribution in [3.63, 3.8) is 0 Å². The van der Waals surface area contributed by atoms with Crippen molar-refractivity contribution in [2.75, 3.05) is 6.54 Å². The summed E-state index contributed by atoms with van der Waals surface area (Å²) >= 11 is 0. The molecule has 1 aliphatic rings. The molecule has 0 radical (unpaired) electrons. The van der Waals surface area contributed by atoms with Crippen LogP contribution < -0.4 is 10.6 Å². The highest BCUT2D eigenvalue weighted by Gasteiger charge is 2.39. The van der Waals surface area contributed by atoms with E-state index in [1.807, 2.05) is 0 Å². The Morgan fingerprint density at radius 1 is 1.45 bits per heavy atom. The quantitative estimate of drug-likeness (QED) is 0.742. The first-order chi connectivity index (χ1) is 10.5. The Hall–Kier alpha value is -2.31. The van der Waals surface area contributed by atoms with E-state index in [-0.39, 0.29) is 18.9 Å². The second-order valence-electron chi connectivity index (χ2n) is 5.74. The van der Waals surface area contributed by atoms with Gasteiger partial charge in [-0.1, -0.05) is 13.8 Å². The average molecular weight is 307 g/mol. The number of imide groups is 1. The van der Waals surface area contributed by atoms with E-state index >= 15 is 0 Å². The van der Waals surface area contributed by atoms with Crippen LogP contribution in [0.5, 0.6) is 0 Å². The molecule has 0 unspecified atom stereocenters. The highest BCUT2D eigenvalue weighted by molar-refractivity contribution is 6.05. The SMILES string of the molecule is CC(C)CCNC(=O)C[C@@H]1NC(=O)N(Cc2ccco2)C1=O. The van der Waals surface area contributed by atoms with Gasteiger partial charge in [-0.15, -0.1) is 0 Å². The van der Waals surface area contributed by atoms with E-state index < -0.39 is 18.0 Å². The first kappa shape index (κ1) is 16.1. The van der Waals surface area contributed by atoms with E-state index in [2.05, 4.69) is 24.5 Å². The number of rotatable bonds is 7. The zero-order valence-electron chi connectivity index (χ0n) is 12.8. The molecule has 0 aromatic carbocycles. The van der Waals surface area contributed by atoms with Gasteiger partial charge >= 0.3 is 6.03 Å². The Bertz CT molecular complexity index is 539. The molecule has 22 heavy (non-hydrogen) atoms. The second-order valence-corrected chi connectivity index (χ2v) is 5.74. The van der Waals surface area contributed by atoms with E-state index in [4.69, 9.17) is 4.42 Å². The molecule has 1 aromatic rings. The number of amides is 4. The van der Waals surface area contributed by atoms with Crippen LogP contribution >= 0.6 is 0 Å². The van der Waals surface area contributed by atoms with Crippen molar-refractivity contribution in [1.29, 1.82) is 0 Å². The van der Waals surface area contributed by atoms with Crippen molar-refractivity contribution >= 4 is 17.8 Å². The van der Waals surface area contributed by atoms with Crippen molar-refractivity contribution in [3.8, 4) is 0 Å². The van der Waals surface area contributed by atoms with E-state index in [0.717, 1.165) is 11.3 Å². The van der Waals surface area contributed by atoms with Gasteiger partial charge in [-0.05, 0) is 24.5 Å². The Kier molecular flexibility index (Phi) is 5.19. The molecule has 1 fully saturated rings. The van der Waals surface area contributed by atoms with Crippen LogP contribution in [0.3, 0.4) is 0 Å². The number of hydrogen-bond acceptors (Lipinski definition) is 4. The topological polar surface area (TPSA) is 91.7 Å². The van der Waals surface area contributed by atoms with Crippen LogP contribution in [0.15, 0.2) is 22.8 Å². The molecule has 4 amide bonds. The van der Waals surface area contributed by atoms with Gasteiger partial charge in [0.2, 0.25) is 5.91 Å². The Labute approximate surface area is 129 Å². The minimum Gasteiger partial charge on any atom is -0.467 e. The van der Waals surface area contributed by atoms with Crippen LogP contribution in [-0.4, -0.2) is 35.3 Å². The number of carbonyl (C=O) groups excluding carboxylic acids is 3. The third kappa shape index (κ3) is 4.09. The first-order valence-corrected chi connectivity index (χ1v) is 7.38. The molecule has 7 nitrogen and oxygen atoms in total. The molecule has 0 aliphatic carbocycles. The molecule has 1 aromatic heterocycles. The van der Waals surface area contributed by atoms with Crippen molar-refractivity contribution < 1.29 is 18.8 Å².